The van der Waals surface area contributed by atoms with Crippen LogP contribution in [-0.2, 0) is 20.9 Å². The van der Waals surface area contributed by atoms with Gasteiger partial charge in [-0.2, -0.15) is 0 Å². The molecule has 7 nitrogen and oxygen atoms in total. The topological polar surface area (TPSA) is 87.7 Å². The molecule has 7 heteroatoms. The molecule has 0 aliphatic carbocycles. The molecule has 3 amide bonds. The van der Waals surface area contributed by atoms with Crippen LogP contribution in [0.4, 0.5) is 4.79 Å². The predicted octanol–water partition coefficient (Wildman–Crippen LogP) is 6.07. The summed E-state index contributed by atoms with van der Waals surface area (Å²) in [7, 11) is 0. The molecule has 0 saturated carbocycles. The molecular formula is C31H45N3O4. The Morgan fingerprint density at radius 1 is 0.868 bits per heavy atom. The molecule has 2 N–H and O–H groups in total. The highest BCUT2D eigenvalue weighted by atomic mass is 16.6. The Morgan fingerprint density at radius 2 is 1.50 bits per heavy atom. The van der Waals surface area contributed by atoms with Gasteiger partial charge in [-0.05, 0) is 50.8 Å². The third-order valence-corrected chi connectivity index (χ3v) is 6.21. The van der Waals surface area contributed by atoms with Crippen LogP contribution in [0.3, 0.4) is 0 Å². The number of hydrogen-bond donors (Lipinski definition) is 2. The zero-order chi connectivity index (χ0) is 28.0. The normalized spacial score (nSPS) is 11.9. The van der Waals surface area contributed by atoms with Crippen LogP contribution in [0.2, 0.25) is 0 Å². The third kappa shape index (κ3) is 11.0. The number of hydrogen-bond acceptors (Lipinski definition) is 4. The van der Waals surface area contributed by atoms with Gasteiger partial charge in [-0.1, -0.05) is 93.6 Å². The Balaban J connectivity index is 2.27. The van der Waals surface area contributed by atoms with E-state index in [9.17, 15) is 14.4 Å². The molecule has 2 aromatic carbocycles. The van der Waals surface area contributed by atoms with Crippen molar-refractivity contribution >= 4 is 17.9 Å². The van der Waals surface area contributed by atoms with Gasteiger partial charge in [0.25, 0.3) is 0 Å². The Bertz CT molecular complexity index is 1020. The summed E-state index contributed by atoms with van der Waals surface area (Å²) in [6.45, 7) is 9.95. The maximum Gasteiger partial charge on any atom is 0.408 e. The van der Waals surface area contributed by atoms with Gasteiger partial charge >= 0.3 is 6.09 Å². The van der Waals surface area contributed by atoms with Crippen LogP contribution in [0.25, 0.3) is 0 Å². The summed E-state index contributed by atoms with van der Waals surface area (Å²) in [5.41, 5.74) is 2.00. The number of unbranched alkanes of at least 4 members (excludes halogenated alkanes) is 5. The van der Waals surface area contributed by atoms with Crippen LogP contribution in [0.15, 0.2) is 54.6 Å². The van der Waals surface area contributed by atoms with E-state index in [1.165, 1.54) is 6.42 Å². The molecule has 2 rings (SSSR count). The molecule has 0 radical (unpaired) electrons. The van der Waals surface area contributed by atoms with Crippen LogP contribution < -0.4 is 10.6 Å². The first-order valence-corrected chi connectivity index (χ1v) is 13.8. The Kier molecular flexibility index (Phi) is 12.8. The lowest BCUT2D eigenvalue weighted by atomic mass is 9.98. The molecule has 38 heavy (non-hydrogen) atoms. The number of ether oxygens (including phenoxy) is 1. The predicted molar refractivity (Wildman–Crippen MR) is 152 cm³/mol. The average Bonchev–Trinajstić information content (AvgIpc) is 2.87. The molecule has 2 aromatic rings. The summed E-state index contributed by atoms with van der Waals surface area (Å²) in [5.74, 6) is -0.577. The third-order valence-electron chi connectivity index (χ3n) is 6.21. The minimum Gasteiger partial charge on any atom is -0.444 e. The number of carbonyl (C=O) groups is 3. The minimum atomic E-state index is -0.816. The number of nitrogens with one attached hydrogen (secondary N) is 2. The van der Waals surface area contributed by atoms with Gasteiger partial charge in [0.15, 0.2) is 0 Å². The molecule has 1 unspecified atom stereocenters. The summed E-state index contributed by atoms with van der Waals surface area (Å²) in [6, 6.07) is 16.5. The highest BCUT2D eigenvalue weighted by molar-refractivity contribution is 5.90. The van der Waals surface area contributed by atoms with Gasteiger partial charge < -0.3 is 20.3 Å². The van der Waals surface area contributed by atoms with E-state index in [0.29, 0.717) is 13.1 Å². The molecule has 0 heterocycles. The lowest BCUT2D eigenvalue weighted by Gasteiger charge is -2.32. The zero-order valence-corrected chi connectivity index (χ0v) is 23.7. The maximum absolute atomic E-state index is 13.7. The molecule has 0 aliphatic heterocycles. The molecule has 0 fully saturated rings. The minimum absolute atomic E-state index is 0.250. The molecule has 0 saturated heterocycles. The Labute approximate surface area is 228 Å². The van der Waals surface area contributed by atoms with Crippen molar-refractivity contribution in [3.05, 3.63) is 71.3 Å². The van der Waals surface area contributed by atoms with Crippen LogP contribution in [-0.4, -0.2) is 41.5 Å². The van der Waals surface area contributed by atoms with Crippen LogP contribution in [0.5, 0.6) is 0 Å². The number of nitrogens with zero attached hydrogens (tertiary/aromatic N) is 1. The fourth-order valence-electron chi connectivity index (χ4n) is 4.25. The fourth-order valence-corrected chi connectivity index (χ4v) is 4.25. The van der Waals surface area contributed by atoms with E-state index >= 15 is 0 Å². The number of rotatable bonds is 14. The molecule has 0 aromatic heterocycles. The van der Waals surface area contributed by atoms with E-state index < -0.39 is 17.7 Å². The van der Waals surface area contributed by atoms with E-state index in [-0.39, 0.29) is 18.4 Å². The number of alkyl carbamates (subject to hydrolysis) is 1. The van der Waals surface area contributed by atoms with Crippen LogP contribution in [0.1, 0.15) is 89.0 Å². The smallest absolute Gasteiger partial charge is 0.408 e. The molecule has 1 atom stereocenters. The first-order chi connectivity index (χ1) is 18.1. The van der Waals surface area contributed by atoms with E-state index in [4.69, 9.17) is 4.74 Å². The van der Waals surface area contributed by atoms with Crippen molar-refractivity contribution in [2.24, 2.45) is 0 Å². The van der Waals surface area contributed by atoms with Crippen molar-refractivity contribution < 1.29 is 19.1 Å². The highest BCUT2D eigenvalue weighted by Crippen LogP contribution is 2.26. The number of amides is 3. The lowest BCUT2D eigenvalue weighted by molar-refractivity contribution is -0.140. The summed E-state index contributed by atoms with van der Waals surface area (Å²) in [5, 5.41) is 5.60. The summed E-state index contributed by atoms with van der Waals surface area (Å²) in [4.78, 5) is 41.1. The second-order valence-electron chi connectivity index (χ2n) is 10.7. The summed E-state index contributed by atoms with van der Waals surface area (Å²) in [6.07, 6.45) is 5.68. The largest absolute Gasteiger partial charge is 0.444 e. The second-order valence-corrected chi connectivity index (χ2v) is 10.7. The van der Waals surface area contributed by atoms with E-state index in [1.54, 1.807) is 25.7 Å². The fraction of sp³-hybridized carbons (Fsp3) is 0.516. The van der Waals surface area contributed by atoms with Crippen molar-refractivity contribution in [1.29, 1.82) is 0 Å². The second kappa shape index (κ2) is 15.8. The van der Waals surface area contributed by atoms with Crippen molar-refractivity contribution in [2.45, 2.75) is 91.3 Å². The molecule has 0 spiro atoms. The van der Waals surface area contributed by atoms with E-state index in [1.807, 2.05) is 61.5 Å². The van der Waals surface area contributed by atoms with Gasteiger partial charge in [0, 0.05) is 13.1 Å². The van der Waals surface area contributed by atoms with E-state index in [0.717, 1.165) is 48.8 Å². The first-order valence-electron chi connectivity index (χ1n) is 13.8. The van der Waals surface area contributed by atoms with Gasteiger partial charge in [-0.15, -0.1) is 0 Å². The molecule has 0 bridgehead atoms. The summed E-state index contributed by atoms with van der Waals surface area (Å²) < 4.78 is 5.30. The number of benzene rings is 2. The van der Waals surface area contributed by atoms with E-state index in [2.05, 4.69) is 17.6 Å². The highest BCUT2D eigenvalue weighted by Gasteiger charge is 2.32. The molecule has 0 aliphatic rings. The maximum atomic E-state index is 13.7. The molecular weight excluding hydrogens is 478 g/mol. The average molecular weight is 524 g/mol. The molecule has 208 valence electrons. The lowest BCUT2D eigenvalue weighted by Crippen LogP contribution is -2.48. The summed E-state index contributed by atoms with van der Waals surface area (Å²) >= 11 is 0. The Morgan fingerprint density at radius 3 is 2.16 bits per heavy atom. The standard InChI is InChI=1S/C31H45N3O4/c1-6-7-8-9-10-16-21-34(27(35)23-33-30(37)38-31(3,4)5)28(26-20-15-14-17-24(26)2)29(36)32-22-25-18-12-11-13-19-25/h11-15,17-20,28H,6-10,16,21-23H2,1-5H3,(H,32,36)(H,33,37). The van der Waals surface area contributed by atoms with Gasteiger partial charge in [-0.25, -0.2) is 4.79 Å². The van der Waals surface area contributed by atoms with Crippen molar-refractivity contribution in [3.63, 3.8) is 0 Å². The monoisotopic (exact) mass is 523 g/mol. The Hall–Kier alpha value is -3.35. The number of carbonyl (C=O) groups excluding carboxylic acids is 3. The quantitative estimate of drug-likeness (QED) is 0.294. The van der Waals surface area contributed by atoms with Gasteiger partial charge in [-0.3, -0.25) is 9.59 Å². The van der Waals surface area contributed by atoms with Crippen molar-refractivity contribution in [2.75, 3.05) is 13.1 Å². The van der Waals surface area contributed by atoms with Gasteiger partial charge in [0.1, 0.15) is 18.2 Å². The SMILES string of the molecule is CCCCCCCCN(C(=O)CNC(=O)OC(C)(C)C)C(C(=O)NCc1ccccc1)c1ccccc1C. The first kappa shape index (κ1) is 30.9. The van der Waals surface area contributed by atoms with Crippen molar-refractivity contribution in [3.8, 4) is 0 Å². The zero-order valence-electron chi connectivity index (χ0n) is 23.7. The van der Waals surface area contributed by atoms with Crippen LogP contribution >= 0.6 is 0 Å². The van der Waals surface area contributed by atoms with Gasteiger partial charge in [0.2, 0.25) is 11.8 Å². The van der Waals surface area contributed by atoms with Crippen LogP contribution in [0, 0.1) is 6.92 Å². The number of aryl methyl sites for hydroxylation is 1. The van der Waals surface area contributed by atoms with Gasteiger partial charge in [0.05, 0.1) is 0 Å². The van der Waals surface area contributed by atoms with Crippen molar-refractivity contribution in [1.82, 2.24) is 15.5 Å².